The number of nitrogens with one attached hydrogen (secondary N) is 1. The van der Waals surface area contributed by atoms with Crippen molar-refractivity contribution in [3.8, 4) is 0 Å². The lowest BCUT2D eigenvalue weighted by Gasteiger charge is -2.34. The summed E-state index contributed by atoms with van der Waals surface area (Å²) < 4.78 is 47.3. The average Bonchev–Trinajstić information content (AvgIpc) is 3.22. The molecular formula is C20H21BrFN5O2S2. The molecule has 4 rings (SSSR count). The van der Waals surface area contributed by atoms with Crippen LogP contribution in [0.3, 0.4) is 0 Å². The van der Waals surface area contributed by atoms with E-state index in [1.165, 1.54) is 28.1 Å². The van der Waals surface area contributed by atoms with Gasteiger partial charge in [0.2, 0.25) is 10.0 Å². The summed E-state index contributed by atoms with van der Waals surface area (Å²) in [6, 6.07) is 4.50. The molecule has 7 nitrogen and oxygen atoms in total. The highest BCUT2D eigenvalue weighted by atomic mass is 79.9. The van der Waals surface area contributed by atoms with Gasteiger partial charge in [0.15, 0.2) is 0 Å². The van der Waals surface area contributed by atoms with Gasteiger partial charge in [0, 0.05) is 34.2 Å². The van der Waals surface area contributed by atoms with Gasteiger partial charge >= 0.3 is 0 Å². The molecule has 0 fully saturated rings. The maximum Gasteiger partial charge on any atom is 0.245 e. The first-order valence-corrected chi connectivity index (χ1v) is 12.7. The van der Waals surface area contributed by atoms with Crippen molar-refractivity contribution in [1.82, 2.24) is 18.9 Å². The van der Waals surface area contributed by atoms with Crippen LogP contribution in [0.2, 0.25) is 0 Å². The minimum Gasteiger partial charge on any atom is -0.362 e. The van der Waals surface area contributed by atoms with Crippen LogP contribution >= 0.6 is 27.5 Å². The second-order valence-corrected chi connectivity index (χ2v) is 11.0. The summed E-state index contributed by atoms with van der Waals surface area (Å²) in [5.74, 6) is 0.140. The third-order valence-electron chi connectivity index (χ3n) is 5.41. The lowest BCUT2D eigenvalue weighted by atomic mass is 9.96. The number of hydrogen-bond acceptors (Lipinski definition) is 7. The second-order valence-electron chi connectivity index (χ2n) is 7.66. The third kappa shape index (κ3) is 4.36. The lowest BCUT2D eigenvalue weighted by Crippen LogP contribution is -2.43. The summed E-state index contributed by atoms with van der Waals surface area (Å²) in [5.41, 5.74) is 2.59. The SMILES string of the molecule is Cc1cc(NC(C)c2csnn2)ncc1S(=O)(=O)N1Cc2c(F)cc(Br)cc2CC1C. The van der Waals surface area contributed by atoms with Crippen molar-refractivity contribution >= 4 is 43.3 Å². The molecule has 3 heterocycles. The summed E-state index contributed by atoms with van der Waals surface area (Å²) in [6.07, 6.45) is 1.80. The van der Waals surface area contributed by atoms with E-state index in [1.54, 1.807) is 13.0 Å². The molecule has 0 bridgehead atoms. The Morgan fingerprint density at radius 3 is 2.81 bits per heavy atom. The van der Waals surface area contributed by atoms with Gasteiger partial charge in [-0.15, -0.1) is 5.10 Å². The maximum atomic E-state index is 14.5. The Kier molecular flexibility index (Phi) is 6.12. The molecule has 1 aliphatic heterocycles. The van der Waals surface area contributed by atoms with Crippen LogP contribution in [0.5, 0.6) is 0 Å². The predicted octanol–water partition coefficient (Wildman–Crippen LogP) is 4.45. The highest BCUT2D eigenvalue weighted by Crippen LogP contribution is 2.33. The molecule has 0 aliphatic carbocycles. The van der Waals surface area contributed by atoms with Crippen molar-refractivity contribution in [2.24, 2.45) is 0 Å². The smallest absolute Gasteiger partial charge is 0.245 e. The standard InChI is InChI=1S/C20H21BrFN5O2S2/c1-11-4-20(24-13(3)18-10-30-26-25-18)23-8-19(11)31(28,29)27-9-16-14(5-12(27)2)6-15(21)7-17(16)22/h4,6-8,10,12-13H,5,9H2,1-3H3,(H,23,24). The number of fused-ring (bicyclic) bond motifs is 1. The number of halogens is 2. The third-order valence-corrected chi connectivity index (χ3v) is 8.48. The van der Waals surface area contributed by atoms with E-state index in [4.69, 9.17) is 0 Å². The molecule has 3 aromatic rings. The number of hydrogen-bond donors (Lipinski definition) is 1. The summed E-state index contributed by atoms with van der Waals surface area (Å²) in [7, 11) is -3.86. The second kappa shape index (κ2) is 8.53. The van der Waals surface area contributed by atoms with Crippen molar-refractivity contribution in [3.63, 3.8) is 0 Å². The Bertz CT molecular complexity index is 1220. The number of benzene rings is 1. The molecule has 0 radical (unpaired) electrons. The van der Waals surface area contributed by atoms with Gasteiger partial charge in [0.1, 0.15) is 16.5 Å². The van der Waals surface area contributed by atoms with Crippen molar-refractivity contribution in [2.75, 3.05) is 5.32 Å². The normalized spacial score (nSPS) is 17.9. The molecule has 2 unspecified atom stereocenters. The highest BCUT2D eigenvalue weighted by molar-refractivity contribution is 9.10. The number of aryl methyl sites for hydroxylation is 1. The zero-order valence-corrected chi connectivity index (χ0v) is 20.4. The summed E-state index contributed by atoms with van der Waals surface area (Å²) in [4.78, 5) is 4.43. The fourth-order valence-corrected chi connectivity index (χ4v) is 6.52. The Hall–Kier alpha value is -1.95. The molecule has 1 aromatic carbocycles. The summed E-state index contributed by atoms with van der Waals surface area (Å²) in [5, 5.41) is 9.09. The van der Waals surface area contributed by atoms with Crippen LogP contribution in [0.15, 0.2) is 39.1 Å². The zero-order chi connectivity index (χ0) is 22.3. The summed E-state index contributed by atoms with van der Waals surface area (Å²) >= 11 is 4.57. The number of anilines is 1. The molecule has 2 atom stereocenters. The van der Waals surface area contributed by atoms with Crippen LogP contribution in [-0.2, 0) is 23.0 Å². The monoisotopic (exact) mass is 525 g/mol. The van der Waals surface area contributed by atoms with E-state index in [9.17, 15) is 12.8 Å². The molecule has 0 spiro atoms. The van der Waals surface area contributed by atoms with Crippen molar-refractivity contribution in [1.29, 1.82) is 0 Å². The van der Waals surface area contributed by atoms with Crippen molar-refractivity contribution in [2.45, 2.75) is 50.7 Å². The number of sulfonamides is 1. The van der Waals surface area contributed by atoms with Crippen LogP contribution < -0.4 is 5.32 Å². The lowest BCUT2D eigenvalue weighted by molar-refractivity contribution is 0.303. The molecule has 1 N–H and O–H groups in total. The van der Waals surface area contributed by atoms with Gasteiger partial charge in [-0.25, -0.2) is 17.8 Å². The molecule has 1 aliphatic rings. The minimum atomic E-state index is -3.86. The van der Waals surface area contributed by atoms with Gasteiger partial charge in [-0.1, -0.05) is 20.4 Å². The van der Waals surface area contributed by atoms with Gasteiger partial charge in [0.05, 0.1) is 11.7 Å². The largest absolute Gasteiger partial charge is 0.362 e. The predicted molar refractivity (Wildman–Crippen MR) is 121 cm³/mol. The quantitative estimate of drug-likeness (QED) is 0.529. The molecule has 0 amide bonds. The molecular weight excluding hydrogens is 505 g/mol. The first-order chi connectivity index (χ1) is 14.7. The van der Waals surface area contributed by atoms with Gasteiger partial charge < -0.3 is 5.32 Å². The zero-order valence-electron chi connectivity index (χ0n) is 17.1. The fraction of sp³-hybridized carbons (Fsp3) is 0.350. The van der Waals surface area contributed by atoms with Gasteiger partial charge in [-0.2, -0.15) is 4.31 Å². The number of nitrogens with zero attached hydrogens (tertiary/aromatic N) is 4. The van der Waals surface area contributed by atoms with E-state index >= 15 is 0 Å². The Labute approximate surface area is 193 Å². The van der Waals surface area contributed by atoms with Crippen molar-refractivity contribution in [3.05, 3.63) is 62.5 Å². The van der Waals surface area contributed by atoms with Crippen LogP contribution in [0, 0.1) is 12.7 Å². The van der Waals surface area contributed by atoms with E-state index in [0.717, 1.165) is 11.3 Å². The number of rotatable bonds is 5. The van der Waals surface area contributed by atoms with Gasteiger partial charge in [-0.3, -0.25) is 0 Å². The summed E-state index contributed by atoms with van der Waals surface area (Å²) in [6.45, 7) is 5.49. The minimum absolute atomic E-state index is 0.00868. The van der Waals surface area contributed by atoms with E-state index in [-0.39, 0.29) is 23.5 Å². The fourth-order valence-electron chi connectivity index (χ4n) is 3.74. The number of aromatic nitrogens is 3. The van der Waals surface area contributed by atoms with Crippen LogP contribution in [0.25, 0.3) is 0 Å². The first-order valence-electron chi connectivity index (χ1n) is 9.65. The molecule has 164 valence electrons. The van der Waals surface area contributed by atoms with E-state index in [1.807, 2.05) is 25.3 Å². The number of pyridine rings is 1. The van der Waals surface area contributed by atoms with Gasteiger partial charge in [-0.05, 0) is 68.1 Å². The Balaban J connectivity index is 1.61. The van der Waals surface area contributed by atoms with E-state index in [2.05, 4.69) is 35.8 Å². The topological polar surface area (TPSA) is 88.1 Å². The first kappa shape index (κ1) is 22.3. The molecule has 2 aromatic heterocycles. The van der Waals surface area contributed by atoms with Crippen LogP contribution in [-0.4, -0.2) is 33.3 Å². The highest BCUT2D eigenvalue weighted by Gasteiger charge is 2.35. The Morgan fingerprint density at radius 1 is 1.35 bits per heavy atom. The van der Waals surface area contributed by atoms with E-state index < -0.39 is 15.8 Å². The van der Waals surface area contributed by atoms with Crippen LogP contribution in [0.4, 0.5) is 10.2 Å². The molecule has 31 heavy (non-hydrogen) atoms. The van der Waals surface area contributed by atoms with Crippen molar-refractivity contribution < 1.29 is 12.8 Å². The van der Waals surface area contributed by atoms with Crippen LogP contribution in [0.1, 0.15) is 42.3 Å². The Morgan fingerprint density at radius 2 is 2.13 bits per heavy atom. The van der Waals surface area contributed by atoms with E-state index in [0.29, 0.717) is 27.8 Å². The maximum absolute atomic E-state index is 14.5. The molecule has 11 heteroatoms. The van der Waals surface area contributed by atoms with Gasteiger partial charge in [0.25, 0.3) is 0 Å². The molecule has 0 saturated carbocycles. The average molecular weight is 526 g/mol. The molecule has 0 saturated heterocycles.